The van der Waals surface area contributed by atoms with Gasteiger partial charge in [0.15, 0.2) is 0 Å². The van der Waals surface area contributed by atoms with Crippen LogP contribution in [-0.2, 0) is 16.6 Å². The van der Waals surface area contributed by atoms with Gasteiger partial charge in [0.2, 0.25) is 10.0 Å². The highest BCUT2D eigenvalue weighted by Gasteiger charge is 2.30. The zero-order valence-electron chi connectivity index (χ0n) is 11.2. The topological polar surface area (TPSA) is 58.2 Å². The van der Waals surface area contributed by atoms with Gasteiger partial charge in [-0.25, -0.2) is 13.1 Å². The maximum Gasteiger partial charge on any atom is 0.402 e. The zero-order valence-corrected chi connectivity index (χ0v) is 12.0. The van der Waals surface area contributed by atoms with Gasteiger partial charge in [0.1, 0.15) is 6.54 Å². The highest BCUT2D eigenvalue weighted by atomic mass is 32.2. The number of alkyl halides is 3. The normalized spacial score (nSPS) is 12.9. The van der Waals surface area contributed by atoms with Gasteiger partial charge in [0, 0.05) is 12.6 Å². The van der Waals surface area contributed by atoms with Crippen molar-refractivity contribution in [2.75, 3.05) is 6.54 Å². The Bertz CT molecular complexity index is 542. The summed E-state index contributed by atoms with van der Waals surface area (Å²) in [6, 6.07) is 6.10. The summed E-state index contributed by atoms with van der Waals surface area (Å²) in [5.74, 6) is 0. The molecule has 0 saturated carbocycles. The van der Waals surface area contributed by atoms with Gasteiger partial charge < -0.3 is 5.32 Å². The van der Waals surface area contributed by atoms with Gasteiger partial charge in [-0.3, -0.25) is 0 Å². The number of rotatable bonds is 6. The number of sulfonamides is 1. The van der Waals surface area contributed by atoms with E-state index in [4.69, 9.17) is 0 Å². The van der Waals surface area contributed by atoms with E-state index in [0.717, 1.165) is 0 Å². The van der Waals surface area contributed by atoms with Crippen molar-refractivity contribution >= 4 is 10.0 Å². The quantitative estimate of drug-likeness (QED) is 0.845. The van der Waals surface area contributed by atoms with Crippen molar-refractivity contribution in [1.29, 1.82) is 0 Å². The molecule has 1 rings (SSSR count). The number of nitrogens with one attached hydrogen (secondary N) is 2. The van der Waals surface area contributed by atoms with E-state index >= 15 is 0 Å². The first kappa shape index (κ1) is 16.9. The molecule has 0 radical (unpaired) electrons. The Labute approximate surface area is 116 Å². The summed E-state index contributed by atoms with van der Waals surface area (Å²) in [7, 11) is -4.18. The van der Waals surface area contributed by atoms with Crippen LogP contribution in [0.1, 0.15) is 19.4 Å². The lowest BCUT2D eigenvalue weighted by Gasteiger charge is -2.14. The van der Waals surface area contributed by atoms with Crippen molar-refractivity contribution in [1.82, 2.24) is 10.0 Å². The molecule has 0 aromatic heterocycles. The average molecular weight is 310 g/mol. The van der Waals surface area contributed by atoms with Crippen molar-refractivity contribution < 1.29 is 21.6 Å². The predicted molar refractivity (Wildman–Crippen MR) is 69.7 cm³/mol. The third-order valence-corrected chi connectivity index (χ3v) is 3.93. The fourth-order valence-electron chi connectivity index (χ4n) is 1.48. The van der Waals surface area contributed by atoms with Gasteiger partial charge in [-0.1, -0.05) is 32.0 Å². The Balaban J connectivity index is 2.94. The molecule has 0 atom stereocenters. The standard InChI is InChI=1S/C12H17F3N2O2S/c1-9(2)16-7-10-5-3-4-6-11(10)20(18,19)17-8-12(13,14)15/h3-6,9,16-17H,7-8H2,1-2H3. The lowest BCUT2D eigenvalue weighted by molar-refractivity contribution is -0.121. The average Bonchev–Trinajstić information content (AvgIpc) is 2.33. The van der Waals surface area contributed by atoms with Crippen molar-refractivity contribution in [3.05, 3.63) is 29.8 Å². The van der Waals surface area contributed by atoms with Crippen LogP contribution in [-0.4, -0.2) is 27.2 Å². The summed E-state index contributed by atoms with van der Waals surface area (Å²) >= 11 is 0. The molecule has 0 bridgehead atoms. The van der Waals surface area contributed by atoms with Crippen LogP contribution in [0.25, 0.3) is 0 Å². The smallest absolute Gasteiger partial charge is 0.310 e. The summed E-state index contributed by atoms with van der Waals surface area (Å²) < 4.78 is 61.7. The summed E-state index contributed by atoms with van der Waals surface area (Å²) in [6.45, 7) is 2.46. The van der Waals surface area contributed by atoms with E-state index < -0.39 is 22.7 Å². The van der Waals surface area contributed by atoms with E-state index in [1.54, 1.807) is 16.9 Å². The molecule has 0 spiro atoms. The van der Waals surface area contributed by atoms with Crippen LogP contribution in [0.4, 0.5) is 13.2 Å². The molecule has 114 valence electrons. The summed E-state index contributed by atoms with van der Waals surface area (Å²) in [5, 5.41) is 3.03. The Morgan fingerprint density at radius 1 is 1.20 bits per heavy atom. The molecule has 20 heavy (non-hydrogen) atoms. The minimum atomic E-state index is -4.59. The van der Waals surface area contributed by atoms with E-state index in [1.165, 1.54) is 12.1 Å². The van der Waals surface area contributed by atoms with Gasteiger partial charge in [-0.2, -0.15) is 13.2 Å². The molecule has 1 aromatic carbocycles. The first-order chi connectivity index (χ1) is 9.12. The molecule has 0 aliphatic carbocycles. The van der Waals surface area contributed by atoms with Crippen LogP contribution in [0, 0.1) is 0 Å². The monoisotopic (exact) mass is 310 g/mol. The third kappa shape index (κ3) is 5.48. The molecule has 0 heterocycles. The van der Waals surface area contributed by atoms with Crippen LogP contribution in [0.2, 0.25) is 0 Å². The Kier molecular flexibility index (Phi) is 5.55. The zero-order chi connectivity index (χ0) is 15.4. The minimum Gasteiger partial charge on any atom is -0.310 e. The van der Waals surface area contributed by atoms with E-state index in [1.807, 2.05) is 13.8 Å². The molecule has 4 nitrogen and oxygen atoms in total. The van der Waals surface area contributed by atoms with Gasteiger partial charge >= 0.3 is 6.18 Å². The first-order valence-electron chi connectivity index (χ1n) is 5.99. The highest BCUT2D eigenvalue weighted by Crippen LogP contribution is 2.18. The van der Waals surface area contributed by atoms with Crippen LogP contribution in [0.3, 0.4) is 0 Å². The number of hydrogen-bond donors (Lipinski definition) is 2. The van der Waals surface area contributed by atoms with Crippen molar-refractivity contribution in [3.63, 3.8) is 0 Å². The lowest BCUT2D eigenvalue weighted by atomic mass is 10.2. The largest absolute Gasteiger partial charge is 0.402 e. The van der Waals surface area contributed by atoms with Crippen LogP contribution in [0.15, 0.2) is 29.2 Å². The minimum absolute atomic E-state index is 0.133. The van der Waals surface area contributed by atoms with Crippen molar-refractivity contribution in [2.45, 2.75) is 37.5 Å². The molecule has 0 aliphatic rings. The van der Waals surface area contributed by atoms with E-state index in [0.29, 0.717) is 5.56 Å². The summed E-state index contributed by atoms with van der Waals surface area (Å²) in [5.41, 5.74) is 0.427. The van der Waals surface area contributed by atoms with E-state index in [2.05, 4.69) is 5.32 Å². The Hall–Kier alpha value is -1.12. The van der Waals surface area contributed by atoms with Gasteiger partial charge in [-0.15, -0.1) is 0 Å². The number of hydrogen-bond acceptors (Lipinski definition) is 3. The van der Waals surface area contributed by atoms with E-state index in [9.17, 15) is 21.6 Å². The molecular formula is C12H17F3N2O2S. The predicted octanol–water partition coefficient (Wildman–Crippen LogP) is 2.03. The highest BCUT2D eigenvalue weighted by molar-refractivity contribution is 7.89. The maximum absolute atomic E-state index is 12.1. The van der Waals surface area contributed by atoms with Crippen molar-refractivity contribution in [2.24, 2.45) is 0 Å². The summed E-state index contributed by atoms with van der Waals surface area (Å²) in [4.78, 5) is -0.141. The second kappa shape index (κ2) is 6.55. The fraction of sp³-hybridized carbons (Fsp3) is 0.500. The molecule has 0 amide bonds. The van der Waals surface area contributed by atoms with Crippen LogP contribution >= 0.6 is 0 Å². The van der Waals surface area contributed by atoms with Crippen molar-refractivity contribution in [3.8, 4) is 0 Å². The first-order valence-corrected chi connectivity index (χ1v) is 7.48. The second-order valence-electron chi connectivity index (χ2n) is 4.58. The fourth-order valence-corrected chi connectivity index (χ4v) is 2.73. The Morgan fingerprint density at radius 3 is 2.35 bits per heavy atom. The maximum atomic E-state index is 12.1. The number of halogens is 3. The molecule has 2 N–H and O–H groups in total. The van der Waals surface area contributed by atoms with Gasteiger partial charge in [0.25, 0.3) is 0 Å². The molecule has 0 aliphatic heterocycles. The van der Waals surface area contributed by atoms with Gasteiger partial charge in [-0.05, 0) is 11.6 Å². The van der Waals surface area contributed by atoms with Gasteiger partial charge in [0.05, 0.1) is 4.90 Å². The molecule has 8 heteroatoms. The lowest BCUT2D eigenvalue weighted by Crippen LogP contribution is -2.34. The SMILES string of the molecule is CC(C)NCc1ccccc1S(=O)(=O)NCC(F)(F)F. The Morgan fingerprint density at radius 2 is 1.80 bits per heavy atom. The van der Waals surface area contributed by atoms with Crippen LogP contribution < -0.4 is 10.0 Å². The molecule has 0 saturated heterocycles. The second-order valence-corrected chi connectivity index (χ2v) is 6.32. The number of benzene rings is 1. The third-order valence-electron chi connectivity index (χ3n) is 2.43. The molecular weight excluding hydrogens is 293 g/mol. The molecule has 0 fully saturated rings. The molecule has 1 aromatic rings. The van der Waals surface area contributed by atoms with Crippen LogP contribution in [0.5, 0.6) is 0 Å². The summed E-state index contributed by atoms with van der Waals surface area (Å²) in [6.07, 6.45) is -4.59. The van der Waals surface area contributed by atoms with E-state index in [-0.39, 0.29) is 17.5 Å². The molecule has 0 unspecified atom stereocenters.